The maximum Gasteiger partial charge on any atom is 0.229 e. The van der Waals surface area contributed by atoms with Crippen molar-refractivity contribution in [3.63, 3.8) is 0 Å². The Morgan fingerprint density at radius 1 is 0.821 bits per heavy atom. The molecule has 2 aromatic rings. The van der Waals surface area contributed by atoms with Gasteiger partial charge in [-0.15, -0.1) is 0 Å². The molecule has 3 nitrogen and oxygen atoms in total. The topological polar surface area (TPSA) is 42.9 Å². The number of hydrogen-bond acceptors (Lipinski definition) is 3. The van der Waals surface area contributed by atoms with Crippen LogP contribution in [0.2, 0.25) is 0 Å². The van der Waals surface area contributed by atoms with Gasteiger partial charge in [0.15, 0.2) is 0 Å². The van der Waals surface area contributed by atoms with Crippen molar-refractivity contribution >= 4 is 5.78 Å². The third-order valence-electron chi connectivity index (χ3n) is 9.14. The van der Waals surface area contributed by atoms with Crippen LogP contribution in [0.1, 0.15) is 90.8 Å². The molecule has 0 aliphatic heterocycles. The molecule has 8 rings (SSSR count). The normalized spacial score (nSPS) is 32.4. The summed E-state index contributed by atoms with van der Waals surface area (Å²) >= 11 is 0. The Hall–Kier alpha value is -2.03. The van der Waals surface area contributed by atoms with E-state index in [0.717, 1.165) is 24.7 Å². The zero-order chi connectivity index (χ0) is 19.4. The summed E-state index contributed by atoms with van der Waals surface area (Å²) in [6.07, 6.45) is 8.66. The monoisotopic (exact) mass is 372 g/mol. The first-order valence-electron chi connectivity index (χ1n) is 10.8. The van der Waals surface area contributed by atoms with Crippen LogP contribution in [0, 0.1) is 22.7 Å². The number of ketones is 1. The highest BCUT2D eigenvalue weighted by atomic mass is 16.1. The molecule has 0 spiro atoms. The van der Waals surface area contributed by atoms with Gasteiger partial charge in [-0.3, -0.25) is 14.8 Å². The summed E-state index contributed by atoms with van der Waals surface area (Å²) in [4.78, 5) is 22.3. The van der Waals surface area contributed by atoms with Crippen LogP contribution in [0.25, 0.3) is 0 Å². The fourth-order valence-corrected chi connectivity index (χ4v) is 6.69. The summed E-state index contributed by atoms with van der Waals surface area (Å²) in [5, 5.41) is 0. The van der Waals surface area contributed by atoms with E-state index in [1.54, 1.807) is 0 Å². The maximum atomic E-state index is 13.1. The molecule has 6 aliphatic carbocycles. The summed E-state index contributed by atoms with van der Waals surface area (Å²) < 4.78 is 0. The van der Waals surface area contributed by atoms with Gasteiger partial charge in [0.2, 0.25) is 5.78 Å². The highest BCUT2D eigenvalue weighted by Crippen LogP contribution is 2.63. The van der Waals surface area contributed by atoms with Gasteiger partial charge in [-0.25, -0.2) is 0 Å². The largest absolute Gasteiger partial charge is 0.285 e. The van der Waals surface area contributed by atoms with Crippen molar-refractivity contribution in [3.05, 3.63) is 58.2 Å². The van der Waals surface area contributed by atoms with Crippen LogP contribution >= 0.6 is 0 Å². The van der Waals surface area contributed by atoms with Crippen molar-refractivity contribution < 1.29 is 4.79 Å². The Balaban J connectivity index is 1.32. The Labute approximate surface area is 167 Å². The van der Waals surface area contributed by atoms with E-state index in [1.807, 2.05) is 24.5 Å². The van der Waals surface area contributed by atoms with Crippen LogP contribution in [0.4, 0.5) is 0 Å². The summed E-state index contributed by atoms with van der Waals surface area (Å²) in [6.45, 7) is 9.49. The van der Waals surface area contributed by atoms with Crippen LogP contribution in [-0.4, -0.2) is 15.8 Å². The predicted octanol–water partition coefficient (Wildman–Crippen LogP) is 5.08. The van der Waals surface area contributed by atoms with Gasteiger partial charge in [-0.2, -0.15) is 0 Å². The SMILES string of the molecule is CC1(C)[C@H]2Cc3cc(C(=O)c4cc5c(cn4)[C@@H]4C[C@H](C5)C4(C)C)ncc3[C@@H]1C2. The number of hydrogen-bond donors (Lipinski definition) is 0. The van der Waals surface area contributed by atoms with Crippen molar-refractivity contribution in [1.29, 1.82) is 0 Å². The molecular weight excluding hydrogens is 344 g/mol. The van der Waals surface area contributed by atoms with E-state index in [9.17, 15) is 4.79 Å². The molecule has 0 unspecified atom stereocenters. The molecule has 2 saturated carbocycles. The van der Waals surface area contributed by atoms with E-state index < -0.39 is 0 Å². The average Bonchev–Trinajstić information content (AvgIpc) is 2.71. The molecule has 4 atom stereocenters. The van der Waals surface area contributed by atoms with Crippen molar-refractivity contribution in [2.24, 2.45) is 22.7 Å². The molecule has 0 amide bonds. The third-order valence-corrected chi connectivity index (χ3v) is 9.14. The standard InChI is InChI=1S/C25H28N2O/c1-24(2)15-5-13-7-21(26-11-17(13)19(24)9-15)23(28)22-8-14-6-16-10-20(25(16,3)4)18(14)12-27-22/h7-8,11-12,15-16,19-20H,5-6,9-10H2,1-4H3/t15-,16-,19-,20-/m0/s1. The zero-order valence-electron chi connectivity index (χ0n) is 17.2. The van der Waals surface area contributed by atoms with Crippen molar-refractivity contribution in [1.82, 2.24) is 9.97 Å². The number of nitrogens with zero attached hydrogens (tertiary/aromatic N) is 2. The smallest absolute Gasteiger partial charge is 0.229 e. The molecule has 2 fully saturated rings. The number of carbonyl (C=O) groups excluding carboxylic acids is 1. The molecule has 2 heterocycles. The Morgan fingerprint density at radius 3 is 1.64 bits per heavy atom. The fourth-order valence-electron chi connectivity index (χ4n) is 6.69. The van der Waals surface area contributed by atoms with E-state index in [2.05, 4.69) is 37.7 Å². The first kappa shape index (κ1) is 16.9. The first-order chi connectivity index (χ1) is 13.3. The highest BCUT2D eigenvalue weighted by Gasteiger charge is 2.53. The molecule has 6 aliphatic rings. The molecular formula is C25H28N2O. The number of carbonyl (C=O) groups is 1. The molecule has 4 bridgehead atoms. The molecule has 0 N–H and O–H groups in total. The lowest BCUT2D eigenvalue weighted by molar-refractivity contribution is 0.0182. The minimum atomic E-state index is -0.0254. The highest BCUT2D eigenvalue weighted by molar-refractivity contribution is 6.06. The van der Waals surface area contributed by atoms with E-state index in [1.165, 1.54) is 35.1 Å². The minimum Gasteiger partial charge on any atom is -0.285 e. The van der Waals surface area contributed by atoms with Crippen LogP contribution in [-0.2, 0) is 12.8 Å². The van der Waals surface area contributed by atoms with Gasteiger partial charge in [0.05, 0.1) is 0 Å². The van der Waals surface area contributed by atoms with E-state index in [4.69, 9.17) is 0 Å². The second-order valence-corrected chi connectivity index (χ2v) is 10.9. The van der Waals surface area contributed by atoms with Crippen molar-refractivity contribution in [3.8, 4) is 0 Å². The van der Waals surface area contributed by atoms with Crippen molar-refractivity contribution in [2.75, 3.05) is 0 Å². The summed E-state index contributed by atoms with van der Waals surface area (Å²) in [5.41, 5.74) is 7.29. The molecule has 28 heavy (non-hydrogen) atoms. The maximum absolute atomic E-state index is 13.1. The second-order valence-electron chi connectivity index (χ2n) is 10.9. The van der Waals surface area contributed by atoms with Gasteiger partial charge < -0.3 is 0 Å². The lowest BCUT2D eigenvalue weighted by Crippen LogP contribution is -2.48. The van der Waals surface area contributed by atoms with Gasteiger partial charge in [-0.1, -0.05) is 27.7 Å². The quantitative estimate of drug-likeness (QED) is 0.691. The van der Waals surface area contributed by atoms with Crippen molar-refractivity contribution in [2.45, 2.75) is 65.2 Å². The lowest BCUT2D eigenvalue weighted by atomic mass is 9.47. The van der Waals surface area contributed by atoms with Gasteiger partial charge >= 0.3 is 0 Å². The van der Waals surface area contributed by atoms with Gasteiger partial charge in [0.25, 0.3) is 0 Å². The minimum absolute atomic E-state index is 0.0254. The van der Waals surface area contributed by atoms with Crippen LogP contribution in [0.15, 0.2) is 24.5 Å². The summed E-state index contributed by atoms with van der Waals surface area (Å²) in [6, 6.07) is 4.10. The zero-order valence-corrected chi connectivity index (χ0v) is 17.2. The summed E-state index contributed by atoms with van der Waals surface area (Å²) in [7, 11) is 0. The van der Waals surface area contributed by atoms with Crippen LogP contribution < -0.4 is 0 Å². The van der Waals surface area contributed by atoms with Gasteiger partial charge in [0.1, 0.15) is 11.4 Å². The van der Waals surface area contributed by atoms with Gasteiger partial charge in [0, 0.05) is 12.4 Å². The Kier molecular flexibility index (Phi) is 3.08. The van der Waals surface area contributed by atoms with Gasteiger partial charge in [-0.05, 0) is 94.6 Å². The molecule has 2 aromatic heterocycles. The Bertz CT molecular complexity index is 953. The Morgan fingerprint density at radius 2 is 1.25 bits per heavy atom. The molecule has 0 aromatic carbocycles. The fraction of sp³-hybridized carbons (Fsp3) is 0.560. The number of rotatable bonds is 2. The predicted molar refractivity (Wildman–Crippen MR) is 109 cm³/mol. The van der Waals surface area contributed by atoms with Crippen LogP contribution in [0.3, 0.4) is 0 Å². The third kappa shape index (κ3) is 1.98. The molecule has 0 saturated heterocycles. The van der Waals surface area contributed by atoms with E-state index in [-0.39, 0.29) is 5.78 Å². The molecule has 0 radical (unpaired) electrons. The van der Waals surface area contributed by atoms with E-state index >= 15 is 0 Å². The number of aromatic nitrogens is 2. The number of pyridine rings is 2. The molecule has 3 heteroatoms. The first-order valence-corrected chi connectivity index (χ1v) is 10.8. The van der Waals surface area contributed by atoms with E-state index in [0.29, 0.717) is 34.1 Å². The average molecular weight is 373 g/mol. The second kappa shape index (κ2) is 5.11. The lowest BCUT2D eigenvalue weighted by Gasteiger charge is -2.57. The summed E-state index contributed by atoms with van der Waals surface area (Å²) in [5.74, 6) is 2.67. The van der Waals surface area contributed by atoms with Crippen LogP contribution in [0.5, 0.6) is 0 Å². The molecule has 144 valence electrons.